The molecule has 3 rings (SSSR count). The third-order valence-corrected chi connectivity index (χ3v) is 4.71. The number of likely N-dealkylation sites (tertiary alicyclic amines) is 1. The average Bonchev–Trinajstić information content (AvgIpc) is 3.23. The summed E-state index contributed by atoms with van der Waals surface area (Å²) in [6.45, 7) is 4.59. The second-order valence-corrected chi connectivity index (χ2v) is 7.08. The first-order chi connectivity index (χ1) is 13.3. The van der Waals surface area contributed by atoms with Gasteiger partial charge in [0.15, 0.2) is 0 Å². The van der Waals surface area contributed by atoms with Crippen LogP contribution < -0.4 is 0 Å². The molecule has 0 bridgehead atoms. The number of furan rings is 1. The maximum absolute atomic E-state index is 12.8. The first-order valence-electron chi connectivity index (χ1n) is 9.08. The van der Waals surface area contributed by atoms with Crippen molar-refractivity contribution in [2.24, 2.45) is 0 Å². The second kappa shape index (κ2) is 7.93. The molecule has 1 aliphatic heterocycles. The minimum absolute atomic E-state index is 0.000330. The van der Waals surface area contributed by atoms with E-state index in [1.54, 1.807) is 26.0 Å². The monoisotopic (exact) mass is 384 g/mol. The van der Waals surface area contributed by atoms with Gasteiger partial charge in [-0.3, -0.25) is 9.59 Å². The van der Waals surface area contributed by atoms with Gasteiger partial charge in [-0.1, -0.05) is 0 Å². The lowest BCUT2D eigenvalue weighted by Gasteiger charge is -2.24. The Balaban J connectivity index is 2.07. The number of hydrogen-bond acceptors (Lipinski definition) is 7. The van der Waals surface area contributed by atoms with Crippen LogP contribution in [0.1, 0.15) is 35.3 Å². The fourth-order valence-electron chi connectivity index (χ4n) is 3.37. The van der Waals surface area contributed by atoms with Crippen LogP contribution in [-0.2, 0) is 9.59 Å². The topological polar surface area (TPSA) is 99.8 Å². The van der Waals surface area contributed by atoms with Crippen molar-refractivity contribution in [3.8, 4) is 0 Å². The number of rotatable bonds is 6. The van der Waals surface area contributed by atoms with Crippen LogP contribution in [0.15, 0.2) is 34.6 Å². The molecule has 1 fully saturated rings. The maximum atomic E-state index is 12.8. The van der Waals surface area contributed by atoms with Crippen molar-refractivity contribution in [3.63, 3.8) is 0 Å². The van der Waals surface area contributed by atoms with Gasteiger partial charge >= 0.3 is 0 Å². The Morgan fingerprint density at radius 3 is 2.68 bits per heavy atom. The van der Waals surface area contributed by atoms with Gasteiger partial charge in [0, 0.05) is 12.7 Å². The lowest BCUT2D eigenvalue weighted by atomic mass is 9.99. The summed E-state index contributed by atoms with van der Waals surface area (Å²) >= 11 is 0. The quantitative estimate of drug-likeness (QED) is 0.462. The van der Waals surface area contributed by atoms with Gasteiger partial charge in [0.2, 0.25) is 0 Å². The number of hydrogen-bond donors (Lipinski definition) is 1. The van der Waals surface area contributed by atoms with Crippen molar-refractivity contribution >= 4 is 17.4 Å². The molecule has 0 aliphatic carbocycles. The van der Waals surface area contributed by atoms with E-state index >= 15 is 0 Å². The van der Waals surface area contributed by atoms with Gasteiger partial charge < -0.3 is 19.3 Å². The summed E-state index contributed by atoms with van der Waals surface area (Å²) in [6, 6.07) is 2.61. The molecule has 1 atom stereocenters. The Bertz CT molecular complexity index is 918. The molecule has 0 saturated carbocycles. The fraction of sp³-hybridized carbons (Fsp3) is 0.400. The molecule has 1 aliphatic rings. The Morgan fingerprint density at radius 2 is 2.07 bits per heavy atom. The zero-order valence-electron chi connectivity index (χ0n) is 16.5. The average molecular weight is 384 g/mol. The molecule has 1 amide bonds. The lowest BCUT2D eigenvalue weighted by molar-refractivity contribution is -0.140. The fourth-order valence-corrected chi connectivity index (χ4v) is 3.37. The van der Waals surface area contributed by atoms with Crippen molar-refractivity contribution in [1.29, 1.82) is 0 Å². The Morgan fingerprint density at radius 1 is 1.32 bits per heavy atom. The molecular weight excluding hydrogens is 360 g/mol. The van der Waals surface area contributed by atoms with E-state index in [-0.39, 0.29) is 11.3 Å². The zero-order chi connectivity index (χ0) is 20.4. The number of aliphatic hydroxyl groups is 1. The van der Waals surface area contributed by atoms with E-state index in [1.807, 2.05) is 19.0 Å². The van der Waals surface area contributed by atoms with E-state index in [1.165, 1.54) is 17.4 Å². The molecular formula is C20H24N4O4. The number of carbonyl (C=O) groups is 2. The summed E-state index contributed by atoms with van der Waals surface area (Å²) < 4.78 is 5.50. The van der Waals surface area contributed by atoms with Gasteiger partial charge in [0.25, 0.3) is 11.7 Å². The van der Waals surface area contributed by atoms with Crippen LogP contribution >= 0.6 is 0 Å². The molecule has 1 unspecified atom stereocenters. The van der Waals surface area contributed by atoms with Crippen LogP contribution in [0, 0.1) is 13.8 Å². The van der Waals surface area contributed by atoms with Crippen molar-refractivity contribution in [3.05, 3.63) is 53.0 Å². The van der Waals surface area contributed by atoms with Crippen molar-refractivity contribution in [2.75, 3.05) is 27.2 Å². The summed E-state index contributed by atoms with van der Waals surface area (Å²) in [7, 11) is 3.89. The molecule has 0 aromatic carbocycles. The van der Waals surface area contributed by atoms with Crippen molar-refractivity contribution < 1.29 is 19.1 Å². The van der Waals surface area contributed by atoms with Crippen LogP contribution in [-0.4, -0.2) is 63.7 Å². The van der Waals surface area contributed by atoms with Crippen LogP contribution in [0.2, 0.25) is 0 Å². The molecule has 8 nitrogen and oxygen atoms in total. The van der Waals surface area contributed by atoms with E-state index in [4.69, 9.17) is 4.42 Å². The largest absolute Gasteiger partial charge is 0.507 e. The smallest absolute Gasteiger partial charge is 0.295 e. The van der Waals surface area contributed by atoms with E-state index in [9.17, 15) is 14.7 Å². The number of aromatic nitrogens is 2. The number of nitrogens with zero attached hydrogens (tertiary/aromatic N) is 4. The summed E-state index contributed by atoms with van der Waals surface area (Å²) in [6.07, 6.45) is 3.63. The Kier molecular flexibility index (Phi) is 5.60. The third kappa shape index (κ3) is 3.68. The van der Waals surface area contributed by atoms with Crippen LogP contribution in [0.4, 0.5) is 0 Å². The van der Waals surface area contributed by atoms with Crippen molar-refractivity contribution in [2.45, 2.75) is 26.3 Å². The summed E-state index contributed by atoms with van der Waals surface area (Å²) in [5.41, 5.74) is 0.857. The molecule has 2 aromatic heterocycles. The number of aryl methyl sites for hydroxylation is 2. The normalized spacial score (nSPS) is 19.0. The highest BCUT2D eigenvalue weighted by Gasteiger charge is 2.47. The molecule has 1 saturated heterocycles. The van der Waals surface area contributed by atoms with Crippen LogP contribution in [0.5, 0.6) is 0 Å². The molecule has 0 radical (unpaired) electrons. The summed E-state index contributed by atoms with van der Waals surface area (Å²) in [4.78, 5) is 37.3. The predicted molar refractivity (Wildman–Crippen MR) is 102 cm³/mol. The molecule has 2 aromatic rings. The molecule has 0 spiro atoms. The summed E-state index contributed by atoms with van der Waals surface area (Å²) in [5, 5.41) is 10.9. The van der Waals surface area contributed by atoms with Gasteiger partial charge in [0.05, 0.1) is 23.1 Å². The molecule has 148 valence electrons. The van der Waals surface area contributed by atoms with Crippen molar-refractivity contribution in [1.82, 2.24) is 19.8 Å². The van der Waals surface area contributed by atoms with Gasteiger partial charge in [-0.05, 0) is 53.0 Å². The first-order valence-corrected chi connectivity index (χ1v) is 9.08. The Hall–Kier alpha value is -3.00. The summed E-state index contributed by atoms with van der Waals surface area (Å²) in [5.74, 6) is -0.680. The minimum atomic E-state index is -0.780. The predicted octanol–water partition coefficient (Wildman–Crippen LogP) is 2.06. The van der Waals surface area contributed by atoms with Gasteiger partial charge in [-0.25, -0.2) is 9.97 Å². The number of Topliss-reactive ketones (excluding diaryl/α,β-unsaturated/α-hetero) is 1. The lowest BCUT2D eigenvalue weighted by Crippen LogP contribution is -2.32. The number of carbonyl (C=O) groups excluding carboxylic acids is 2. The molecule has 1 N–H and O–H groups in total. The van der Waals surface area contributed by atoms with E-state index < -0.39 is 17.7 Å². The molecule has 3 heterocycles. The van der Waals surface area contributed by atoms with Gasteiger partial charge in [-0.15, -0.1) is 0 Å². The zero-order valence-corrected chi connectivity index (χ0v) is 16.5. The SMILES string of the molecule is Cc1ncc(/C(O)=C2\C(=O)C(=O)N(CCCN(C)C)C2c2ccco2)c(C)n1. The highest BCUT2D eigenvalue weighted by Crippen LogP contribution is 2.39. The molecule has 8 heteroatoms. The van der Waals surface area contributed by atoms with E-state index in [0.717, 1.165) is 6.54 Å². The third-order valence-electron chi connectivity index (χ3n) is 4.71. The molecule has 28 heavy (non-hydrogen) atoms. The van der Waals surface area contributed by atoms with Gasteiger partial charge in [-0.2, -0.15) is 0 Å². The maximum Gasteiger partial charge on any atom is 0.295 e. The second-order valence-electron chi connectivity index (χ2n) is 7.08. The van der Waals surface area contributed by atoms with Crippen LogP contribution in [0.3, 0.4) is 0 Å². The Labute approximate surface area is 163 Å². The van der Waals surface area contributed by atoms with E-state index in [0.29, 0.717) is 35.8 Å². The number of aliphatic hydroxyl groups excluding tert-OH is 1. The highest BCUT2D eigenvalue weighted by atomic mass is 16.3. The minimum Gasteiger partial charge on any atom is -0.507 e. The van der Waals surface area contributed by atoms with Crippen LogP contribution in [0.25, 0.3) is 5.76 Å². The van der Waals surface area contributed by atoms with E-state index in [2.05, 4.69) is 9.97 Å². The van der Waals surface area contributed by atoms with Gasteiger partial charge in [0.1, 0.15) is 23.4 Å². The standard InChI is InChI=1S/C20H24N4O4/c1-12-14(11-21-13(2)22-12)18(25)16-17(15-7-5-10-28-15)24(20(27)19(16)26)9-6-8-23(3)4/h5,7,10-11,17,25H,6,8-9H2,1-4H3/b18-16+. The highest BCUT2D eigenvalue weighted by molar-refractivity contribution is 6.46. The number of amides is 1. The first kappa shape index (κ1) is 19.8. The number of ketones is 1.